The van der Waals surface area contributed by atoms with Crippen LogP contribution in [0.2, 0.25) is 0 Å². The van der Waals surface area contributed by atoms with Gasteiger partial charge in [0.05, 0.1) is 18.1 Å². The van der Waals surface area contributed by atoms with E-state index >= 15 is 0 Å². The van der Waals surface area contributed by atoms with E-state index in [2.05, 4.69) is 9.88 Å². The number of hydrogen-bond acceptors (Lipinski definition) is 5. The number of nitrogens with zero attached hydrogens (tertiary/aromatic N) is 3. The molecular formula is C14H17N3O2. The second-order valence-electron chi connectivity index (χ2n) is 4.55. The van der Waals surface area contributed by atoms with Crippen LogP contribution < -0.4 is 4.90 Å². The molecule has 5 nitrogen and oxygen atoms in total. The second-order valence-corrected chi connectivity index (χ2v) is 4.55. The number of hydrogen-bond donors (Lipinski definition) is 0. The maximum atomic E-state index is 11.8. The predicted molar refractivity (Wildman–Crippen MR) is 70.5 cm³/mol. The molecule has 100 valence electrons. The first-order valence-corrected chi connectivity index (χ1v) is 6.52. The zero-order valence-corrected chi connectivity index (χ0v) is 11.0. The lowest BCUT2D eigenvalue weighted by Crippen LogP contribution is -2.39. The molecule has 0 amide bonds. The third-order valence-corrected chi connectivity index (χ3v) is 3.24. The highest BCUT2D eigenvalue weighted by molar-refractivity contribution is 5.73. The minimum absolute atomic E-state index is 0.0776. The lowest BCUT2D eigenvalue weighted by molar-refractivity contribution is -0.148. The van der Waals surface area contributed by atoms with Crippen molar-refractivity contribution in [1.29, 1.82) is 5.26 Å². The molecule has 0 aliphatic carbocycles. The van der Waals surface area contributed by atoms with Gasteiger partial charge in [-0.2, -0.15) is 5.26 Å². The number of ether oxygens (including phenoxy) is 1. The van der Waals surface area contributed by atoms with Gasteiger partial charge >= 0.3 is 5.97 Å². The van der Waals surface area contributed by atoms with Crippen LogP contribution in [-0.2, 0) is 9.53 Å². The van der Waals surface area contributed by atoms with Crippen LogP contribution in [0.3, 0.4) is 0 Å². The van der Waals surface area contributed by atoms with E-state index in [9.17, 15) is 4.79 Å². The zero-order valence-electron chi connectivity index (χ0n) is 11.0. The first kappa shape index (κ1) is 13.3. The number of rotatable bonds is 3. The average Bonchev–Trinajstić information content (AvgIpc) is 2.48. The van der Waals surface area contributed by atoms with Crippen LogP contribution in [0.25, 0.3) is 0 Å². The Balaban J connectivity index is 2.04. The van der Waals surface area contributed by atoms with Crippen LogP contribution in [0, 0.1) is 17.2 Å². The van der Waals surface area contributed by atoms with E-state index in [1.54, 1.807) is 12.3 Å². The minimum atomic E-state index is -0.124. The van der Waals surface area contributed by atoms with E-state index in [4.69, 9.17) is 10.00 Å². The topological polar surface area (TPSA) is 66.2 Å². The van der Waals surface area contributed by atoms with Crippen molar-refractivity contribution in [2.45, 2.75) is 19.8 Å². The van der Waals surface area contributed by atoms with Crippen molar-refractivity contribution < 1.29 is 9.53 Å². The van der Waals surface area contributed by atoms with Gasteiger partial charge in [-0.3, -0.25) is 4.79 Å². The summed E-state index contributed by atoms with van der Waals surface area (Å²) in [6.45, 7) is 3.76. The van der Waals surface area contributed by atoms with Gasteiger partial charge in [0.2, 0.25) is 0 Å². The Bertz CT molecular complexity index is 478. The largest absolute Gasteiger partial charge is 0.466 e. The molecule has 1 aromatic heterocycles. The molecule has 1 aliphatic heterocycles. The standard InChI is InChI=1S/C14H17N3O2/c1-2-19-14(18)12-4-3-7-17(10-12)13-6-5-11(8-15)9-16-13/h5-6,9,12H,2-4,7,10H2,1H3/t12-/m1/s1. The maximum Gasteiger partial charge on any atom is 0.310 e. The first-order valence-electron chi connectivity index (χ1n) is 6.52. The fraction of sp³-hybridized carbons (Fsp3) is 0.500. The van der Waals surface area contributed by atoms with E-state index in [0.29, 0.717) is 18.7 Å². The maximum absolute atomic E-state index is 11.8. The molecule has 19 heavy (non-hydrogen) atoms. The molecule has 1 aromatic rings. The molecule has 5 heteroatoms. The molecule has 1 atom stereocenters. The quantitative estimate of drug-likeness (QED) is 0.773. The van der Waals surface area contributed by atoms with E-state index in [1.807, 2.05) is 19.1 Å². The highest BCUT2D eigenvalue weighted by Crippen LogP contribution is 2.22. The van der Waals surface area contributed by atoms with Crippen LogP contribution in [0.4, 0.5) is 5.82 Å². The Morgan fingerprint density at radius 3 is 3.11 bits per heavy atom. The molecule has 0 saturated carbocycles. The van der Waals surface area contributed by atoms with E-state index in [0.717, 1.165) is 25.2 Å². The van der Waals surface area contributed by atoms with E-state index in [1.165, 1.54) is 0 Å². The summed E-state index contributed by atoms with van der Waals surface area (Å²) in [6, 6.07) is 5.62. The Hall–Kier alpha value is -2.09. The summed E-state index contributed by atoms with van der Waals surface area (Å²) in [7, 11) is 0. The van der Waals surface area contributed by atoms with Crippen molar-refractivity contribution in [2.24, 2.45) is 5.92 Å². The Kier molecular flexibility index (Phi) is 4.35. The van der Waals surface area contributed by atoms with E-state index < -0.39 is 0 Å². The van der Waals surface area contributed by atoms with Crippen molar-refractivity contribution in [3.8, 4) is 6.07 Å². The molecule has 1 saturated heterocycles. The highest BCUT2D eigenvalue weighted by Gasteiger charge is 2.27. The SMILES string of the molecule is CCOC(=O)[C@@H]1CCCN(c2ccc(C#N)cn2)C1. The zero-order chi connectivity index (χ0) is 13.7. The number of nitriles is 1. The number of anilines is 1. The molecular weight excluding hydrogens is 242 g/mol. The van der Waals surface area contributed by atoms with Crippen molar-refractivity contribution >= 4 is 11.8 Å². The molecule has 0 radical (unpaired) electrons. The van der Waals surface area contributed by atoms with Gasteiger partial charge in [0.25, 0.3) is 0 Å². The van der Waals surface area contributed by atoms with Gasteiger partial charge < -0.3 is 9.64 Å². The van der Waals surface area contributed by atoms with Crippen molar-refractivity contribution in [1.82, 2.24) is 4.98 Å². The molecule has 2 rings (SSSR count). The fourth-order valence-corrected chi connectivity index (χ4v) is 2.28. The van der Waals surface area contributed by atoms with E-state index in [-0.39, 0.29) is 11.9 Å². The molecule has 0 unspecified atom stereocenters. The van der Waals surface area contributed by atoms with Gasteiger partial charge in [-0.1, -0.05) is 0 Å². The van der Waals surface area contributed by atoms with Gasteiger partial charge in [-0.15, -0.1) is 0 Å². The molecule has 1 aliphatic rings. The summed E-state index contributed by atoms with van der Waals surface area (Å²) in [4.78, 5) is 18.1. The Labute approximate surface area is 112 Å². The summed E-state index contributed by atoms with van der Waals surface area (Å²) in [5, 5.41) is 8.75. The average molecular weight is 259 g/mol. The summed E-state index contributed by atoms with van der Waals surface area (Å²) >= 11 is 0. The lowest BCUT2D eigenvalue weighted by Gasteiger charge is -2.32. The smallest absolute Gasteiger partial charge is 0.310 e. The molecule has 0 spiro atoms. The lowest BCUT2D eigenvalue weighted by atomic mass is 9.98. The highest BCUT2D eigenvalue weighted by atomic mass is 16.5. The van der Waals surface area contributed by atoms with Gasteiger partial charge in [0.1, 0.15) is 11.9 Å². The van der Waals surface area contributed by atoms with Crippen LogP contribution in [-0.4, -0.2) is 30.6 Å². The van der Waals surface area contributed by atoms with Crippen molar-refractivity contribution in [3.63, 3.8) is 0 Å². The third-order valence-electron chi connectivity index (χ3n) is 3.24. The molecule has 0 bridgehead atoms. The summed E-state index contributed by atoms with van der Waals surface area (Å²) in [5.74, 6) is 0.611. The van der Waals surface area contributed by atoms with Gasteiger partial charge in [-0.05, 0) is 31.9 Å². The number of esters is 1. The minimum Gasteiger partial charge on any atom is -0.466 e. The normalized spacial score (nSPS) is 18.7. The third kappa shape index (κ3) is 3.22. The first-order chi connectivity index (χ1) is 9.24. The number of pyridine rings is 1. The molecule has 2 heterocycles. The molecule has 0 aromatic carbocycles. The second kappa shape index (κ2) is 6.19. The predicted octanol–water partition coefficient (Wildman–Crippen LogP) is 1.73. The Morgan fingerprint density at radius 1 is 1.63 bits per heavy atom. The molecule has 0 N–H and O–H groups in total. The number of aromatic nitrogens is 1. The van der Waals surface area contributed by atoms with Crippen molar-refractivity contribution in [3.05, 3.63) is 23.9 Å². The van der Waals surface area contributed by atoms with Gasteiger partial charge in [0.15, 0.2) is 0 Å². The van der Waals surface area contributed by atoms with Gasteiger partial charge in [0, 0.05) is 19.3 Å². The monoisotopic (exact) mass is 259 g/mol. The number of piperidine rings is 1. The molecule has 1 fully saturated rings. The summed E-state index contributed by atoms with van der Waals surface area (Å²) < 4.78 is 5.07. The van der Waals surface area contributed by atoms with Crippen molar-refractivity contribution in [2.75, 3.05) is 24.6 Å². The van der Waals surface area contributed by atoms with Gasteiger partial charge in [-0.25, -0.2) is 4.98 Å². The number of carbonyl (C=O) groups excluding carboxylic acids is 1. The van der Waals surface area contributed by atoms with Crippen LogP contribution in [0.5, 0.6) is 0 Å². The summed E-state index contributed by atoms with van der Waals surface area (Å²) in [6.07, 6.45) is 3.38. The summed E-state index contributed by atoms with van der Waals surface area (Å²) in [5.41, 5.74) is 0.544. The fourth-order valence-electron chi connectivity index (χ4n) is 2.28. The number of carbonyl (C=O) groups is 1. The van der Waals surface area contributed by atoms with Crippen LogP contribution in [0.15, 0.2) is 18.3 Å². The Morgan fingerprint density at radius 2 is 2.47 bits per heavy atom. The van der Waals surface area contributed by atoms with Crippen LogP contribution >= 0.6 is 0 Å². The van der Waals surface area contributed by atoms with Crippen LogP contribution in [0.1, 0.15) is 25.3 Å².